The van der Waals surface area contributed by atoms with Crippen molar-refractivity contribution in [3.05, 3.63) is 34.4 Å². The molecule has 0 aliphatic heterocycles. The Morgan fingerprint density at radius 2 is 1.94 bits per heavy atom. The lowest BCUT2D eigenvalue weighted by molar-refractivity contribution is 0.407. The van der Waals surface area contributed by atoms with E-state index in [4.69, 9.17) is 0 Å². The van der Waals surface area contributed by atoms with Crippen LogP contribution in [0.5, 0.6) is 5.75 Å². The first-order chi connectivity index (χ1) is 8.75. The maximum Gasteiger partial charge on any atom is 0.138 e. The highest BCUT2D eigenvalue weighted by Gasteiger charge is 2.20. The zero-order chi connectivity index (χ0) is 12.5. The maximum atomic E-state index is 10.2. The minimum atomic E-state index is 0.348. The van der Waals surface area contributed by atoms with Crippen LogP contribution in [0.1, 0.15) is 43.7 Å². The molecule has 1 fully saturated rings. The summed E-state index contributed by atoms with van der Waals surface area (Å²) in [5.74, 6) is 0.781. The Bertz CT molecular complexity index is 576. The van der Waals surface area contributed by atoms with Gasteiger partial charge in [-0.05, 0) is 31.0 Å². The third-order valence-corrected chi connectivity index (χ3v) is 4.50. The van der Waals surface area contributed by atoms with Gasteiger partial charge in [0.25, 0.3) is 0 Å². The van der Waals surface area contributed by atoms with Crippen LogP contribution >= 0.6 is 15.9 Å². The molecular formula is C15H16BrNO. The van der Waals surface area contributed by atoms with Crippen LogP contribution < -0.4 is 0 Å². The molecule has 1 aromatic carbocycles. The highest BCUT2D eigenvalue weighted by molar-refractivity contribution is 9.10. The standard InChI is InChI=1S/C15H16BrNO/c16-12-7-4-8-13-11(12)9-14(18)15(17-13)10-5-2-1-3-6-10/h4,7-10,18H,1-3,5-6H2. The molecule has 0 spiro atoms. The molecule has 3 heteroatoms. The minimum absolute atomic E-state index is 0.348. The van der Waals surface area contributed by atoms with E-state index in [1.165, 1.54) is 19.3 Å². The Morgan fingerprint density at radius 1 is 1.17 bits per heavy atom. The molecule has 0 unspecified atom stereocenters. The number of rotatable bonds is 1. The number of pyridine rings is 1. The van der Waals surface area contributed by atoms with Crippen molar-refractivity contribution < 1.29 is 5.11 Å². The smallest absolute Gasteiger partial charge is 0.138 e. The molecule has 1 N–H and O–H groups in total. The van der Waals surface area contributed by atoms with Gasteiger partial charge in [0.05, 0.1) is 11.2 Å². The third-order valence-electron chi connectivity index (χ3n) is 3.81. The molecule has 0 radical (unpaired) electrons. The van der Waals surface area contributed by atoms with E-state index in [0.717, 1.165) is 33.9 Å². The van der Waals surface area contributed by atoms with Gasteiger partial charge in [-0.25, -0.2) is 4.98 Å². The lowest BCUT2D eigenvalue weighted by atomic mass is 9.86. The van der Waals surface area contributed by atoms with Crippen molar-refractivity contribution in [3.8, 4) is 5.75 Å². The molecule has 1 heterocycles. The first kappa shape index (κ1) is 12.0. The molecule has 3 rings (SSSR count). The summed E-state index contributed by atoms with van der Waals surface area (Å²) in [6.07, 6.45) is 6.13. The molecule has 2 aromatic rings. The summed E-state index contributed by atoms with van der Waals surface area (Å²) in [5.41, 5.74) is 1.85. The van der Waals surface area contributed by atoms with Gasteiger partial charge in [-0.1, -0.05) is 41.3 Å². The SMILES string of the molecule is Oc1cc2c(Br)cccc2nc1C1CCCCC1. The van der Waals surface area contributed by atoms with E-state index in [1.54, 1.807) is 0 Å². The fourth-order valence-corrected chi connectivity index (χ4v) is 3.31. The third kappa shape index (κ3) is 2.12. The van der Waals surface area contributed by atoms with Gasteiger partial charge in [-0.2, -0.15) is 0 Å². The van der Waals surface area contributed by atoms with Crippen molar-refractivity contribution in [2.24, 2.45) is 0 Å². The Balaban J connectivity index is 2.09. The number of aromatic nitrogens is 1. The highest BCUT2D eigenvalue weighted by Crippen LogP contribution is 2.38. The molecule has 1 saturated carbocycles. The number of aromatic hydroxyl groups is 1. The molecule has 2 nitrogen and oxygen atoms in total. The topological polar surface area (TPSA) is 33.1 Å². The van der Waals surface area contributed by atoms with E-state index in [-0.39, 0.29) is 0 Å². The summed E-state index contributed by atoms with van der Waals surface area (Å²) in [4.78, 5) is 4.68. The second kappa shape index (κ2) is 4.88. The quantitative estimate of drug-likeness (QED) is 0.824. The van der Waals surface area contributed by atoms with Gasteiger partial charge in [0, 0.05) is 15.8 Å². The van der Waals surface area contributed by atoms with E-state index >= 15 is 0 Å². The molecule has 1 aliphatic carbocycles. The van der Waals surface area contributed by atoms with Crippen LogP contribution in [-0.2, 0) is 0 Å². The Labute approximate surface area is 115 Å². The number of benzene rings is 1. The fourth-order valence-electron chi connectivity index (χ4n) is 2.84. The monoisotopic (exact) mass is 305 g/mol. The summed E-state index contributed by atoms with van der Waals surface area (Å²) < 4.78 is 0.984. The van der Waals surface area contributed by atoms with Crippen molar-refractivity contribution in [2.75, 3.05) is 0 Å². The van der Waals surface area contributed by atoms with Gasteiger partial charge < -0.3 is 5.11 Å². The van der Waals surface area contributed by atoms with Crippen LogP contribution in [-0.4, -0.2) is 10.1 Å². The highest BCUT2D eigenvalue weighted by atomic mass is 79.9. The Hall–Kier alpha value is -1.09. The van der Waals surface area contributed by atoms with E-state index in [1.807, 2.05) is 24.3 Å². The van der Waals surface area contributed by atoms with Crippen molar-refractivity contribution in [3.63, 3.8) is 0 Å². The molecule has 1 aliphatic rings. The predicted octanol–water partition coefficient (Wildman–Crippen LogP) is 4.75. The van der Waals surface area contributed by atoms with Gasteiger partial charge in [0.1, 0.15) is 5.75 Å². The summed E-state index contributed by atoms with van der Waals surface area (Å²) in [6.45, 7) is 0. The van der Waals surface area contributed by atoms with E-state index in [9.17, 15) is 5.11 Å². The van der Waals surface area contributed by atoms with Gasteiger partial charge in [0.15, 0.2) is 0 Å². The summed E-state index contributed by atoms with van der Waals surface area (Å²) in [5, 5.41) is 11.2. The van der Waals surface area contributed by atoms with E-state index in [0.29, 0.717) is 11.7 Å². The molecule has 0 saturated heterocycles. The van der Waals surface area contributed by atoms with Crippen LogP contribution in [0.25, 0.3) is 10.9 Å². The zero-order valence-electron chi connectivity index (χ0n) is 10.2. The van der Waals surface area contributed by atoms with Crippen LogP contribution in [0.2, 0.25) is 0 Å². The van der Waals surface area contributed by atoms with E-state index < -0.39 is 0 Å². The first-order valence-corrected chi connectivity index (χ1v) is 7.33. The molecule has 0 bridgehead atoms. The molecule has 0 atom stereocenters. The van der Waals surface area contributed by atoms with Gasteiger partial charge in [-0.15, -0.1) is 0 Å². The van der Waals surface area contributed by atoms with Gasteiger partial charge >= 0.3 is 0 Å². The molecule has 1 aromatic heterocycles. The molecule has 94 valence electrons. The van der Waals surface area contributed by atoms with Crippen molar-refractivity contribution in [2.45, 2.75) is 38.0 Å². The summed E-state index contributed by atoms with van der Waals surface area (Å²) in [7, 11) is 0. The van der Waals surface area contributed by atoms with Crippen LogP contribution in [0, 0.1) is 0 Å². The average Bonchev–Trinajstić information content (AvgIpc) is 2.40. The number of fused-ring (bicyclic) bond motifs is 1. The summed E-state index contributed by atoms with van der Waals surface area (Å²) >= 11 is 3.50. The molecule has 18 heavy (non-hydrogen) atoms. The zero-order valence-corrected chi connectivity index (χ0v) is 11.8. The lowest BCUT2D eigenvalue weighted by Crippen LogP contribution is -2.07. The number of halogens is 1. The van der Waals surface area contributed by atoms with Crippen LogP contribution in [0.3, 0.4) is 0 Å². The second-order valence-corrected chi connectivity index (χ2v) is 5.89. The fraction of sp³-hybridized carbons (Fsp3) is 0.400. The molecular weight excluding hydrogens is 290 g/mol. The number of hydrogen-bond donors (Lipinski definition) is 1. The van der Waals surface area contributed by atoms with Gasteiger partial charge in [0.2, 0.25) is 0 Å². The van der Waals surface area contributed by atoms with E-state index in [2.05, 4.69) is 20.9 Å². The summed E-state index contributed by atoms with van der Waals surface area (Å²) in [6, 6.07) is 7.81. The normalized spacial score (nSPS) is 17.2. The Morgan fingerprint density at radius 3 is 2.72 bits per heavy atom. The average molecular weight is 306 g/mol. The number of hydrogen-bond acceptors (Lipinski definition) is 2. The van der Waals surface area contributed by atoms with Gasteiger partial charge in [-0.3, -0.25) is 0 Å². The predicted molar refractivity (Wildman–Crippen MR) is 76.9 cm³/mol. The largest absolute Gasteiger partial charge is 0.506 e. The van der Waals surface area contributed by atoms with Crippen molar-refractivity contribution in [1.29, 1.82) is 0 Å². The van der Waals surface area contributed by atoms with Crippen LogP contribution in [0.4, 0.5) is 0 Å². The molecule has 0 amide bonds. The second-order valence-electron chi connectivity index (χ2n) is 5.03. The maximum absolute atomic E-state index is 10.2. The minimum Gasteiger partial charge on any atom is -0.506 e. The van der Waals surface area contributed by atoms with Crippen LogP contribution in [0.15, 0.2) is 28.7 Å². The van der Waals surface area contributed by atoms with Crippen molar-refractivity contribution >= 4 is 26.8 Å². The number of nitrogens with zero attached hydrogens (tertiary/aromatic N) is 1. The van der Waals surface area contributed by atoms with Crippen molar-refractivity contribution in [1.82, 2.24) is 4.98 Å². The first-order valence-electron chi connectivity index (χ1n) is 6.54. The Kier molecular flexibility index (Phi) is 3.25. The lowest BCUT2D eigenvalue weighted by Gasteiger charge is -2.22.